The van der Waals surface area contributed by atoms with Crippen molar-refractivity contribution >= 4 is 6.47 Å². The van der Waals surface area contributed by atoms with Gasteiger partial charge in [-0.25, -0.2) is 0 Å². The Balaban J connectivity index is 1.94. The summed E-state index contributed by atoms with van der Waals surface area (Å²) in [7, 11) is 5.47. The molecule has 1 saturated heterocycles. The predicted octanol–water partition coefficient (Wildman–Crippen LogP) is 3.18. The molecule has 1 heterocycles. The van der Waals surface area contributed by atoms with E-state index in [9.17, 15) is 4.79 Å². The molecular weight excluding hydrogens is 318 g/mol. The van der Waals surface area contributed by atoms with Crippen molar-refractivity contribution in [1.82, 2.24) is 4.90 Å². The van der Waals surface area contributed by atoms with E-state index in [0.29, 0.717) is 6.47 Å². The van der Waals surface area contributed by atoms with Gasteiger partial charge in [0.15, 0.2) is 11.5 Å². The summed E-state index contributed by atoms with van der Waals surface area (Å²) >= 11 is 0. The Morgan fingerprint density at radius 2 is 1.96 bits per heavy atom. The summed E-state index contributed by atoms with van der Waals surface area (Å²) in [6, 6.07) is 6.17. The van der Waals surface area contributed by atoms with E-state index in [2.05, 4.69) is 37.1 Å². The first-order valence-corrected chi connectivity index (χ1v) is 8.72. The second kappa shape index (κ2) is 6.71. The van der Waals surface area contributed by atoms with Crippen molar-refractivity contribution in [2.75, 3.05) is 27.8 Å². The maximum absolute atomic E-state index is 10.8. The zero-order valence-corrected chi connectivity index (χ0v) is 15.5. The molecule has 3 rings (SSSR count). The molecule has 0 N–H and O–H groups in total. The monoisotopic (exact) mass is 345 g/mol. The summed E-state index contributed by atoms with van der Waals surface area (Å²) in [5.41, 5.74) is 1.24. The molecule has 5 heteroatoms. The lowest BCUT2D eigenvalue weighted by molar-refractivity contribution is -0.125. The summed E-state index contributed by atoms with van der Waals surface area (Å²) in [6.45, 7) is 3.83. The number of allylic oxidation sites excluding steroid dienone is 1. The fraction of sp³-hybridized carbons (Fsp3) is 0.550. The molecule has 1 aliphatic carbocycles. The van der Waals surface area contributed by atoms with Crippen molar-refractivity contribution in [2.45, 2.75) is 38.1 Å². The van der Waals surface area contributed by atoms with Gasteiger partial charge in [-0.2, -0.15) is 0 Å². The van der Waals surface area contributed by atoms with Crippen LogP contribution in [-0.2, 0) is 16.0 Å². The zero-order chi connectivity index (χ0) is 18.1. The minimum absolute atomic E-state index is 0.122. The summed E-state index contributed by atoms with van der Waals surface area (Å²) in [5.74, 6) is 2.30. The normalized spacial score (nSPS) is 28.9. The molecule has 2 aliphatic rings. The SMILES string of the molecule is COc1ccc(C[C@@]23CCC(OC=O)=C[C@]2(C)N(C)CC3)cc1OC. The fourth-order valence-electron chi connectivity index (χ4n) is 4.55. The topological polar surface area (TPSA) is 48.0 Å². The van der Waals surface area contributed by atoms with Gasteiger partial charge in [0, 0.05) is 12.0 Å². The molecule has 2 atom stereocenters. The number of likely N-dealkylation sites (tertiary alicyclic amines) is 1. The molecule has 0 saturated carbocycles. The van der Waals surface area contributed by atoms with Crippen LogP contribution >= 0.6 is 0 Å². The Hall–Kier alpha value is -2.01. The Morgan fingerprint density at radius 1 is 1.20 bits per heavy atom. The zero-order valence-electron chi connectivity index (χ0n) is 15.5. The van der Waals surface area contributed by atoms with Crippen molar-refractivity contribution in [3.8, 4) is 11.5 Å². The van der Waals surface area contributed by atoms with Gasteiger partial charge in [0.2, 0.25) is 0 Å². The Kier molecular flexibility index (Phi) is 4.78. The number of nitrogens with zero attached hydrogens (tertiary/aromatic N) is 1. The third kappa shape index (κ3) is 2.91. The number of fused-ring (bicyclic) bond motifs is 1. The number of hydrogen-bond acceptors (Lipinski definition) is 5. The van der Waals surface area contributed by atoms with Crippen LogP contribution in [0.1, 0.15) is 31.7 Å². The molecule has 1 aromatic carbocycles. The molecular formula is C20H27NO4. The molecule has 0 aromatic heterocycles. The predicted molar refractivity (Wildman–Crippen MR) is 95.8 cm³/mol. The number of ether oxygens (including phenoxy) is 3. The second-order valence-electron chi connectivity index (χ2n) is 7.29. The van der Waals surface area contributed by atoms with Crippen LogP contribution in [0, 0.1) is 5.41 Å². The first kappa shape index (κ1) is 17.8. The largest absolute Gasteiger partial charge is 0.493 e. The standard InChI is InChI=1S/C20H27NO4/c1-19-13-16(25-14-22)7-8-20(19,9-10-21(19)2)12-15-5-6-17(23-3)18(11-15)24-4/h5-6,11,13-14H,7-10,12H2,1-4H3/t19-,20-/m0/s1. The third-order valence-corrected chi connectivity index (χ3v) is 6.27. The third-order valence-electron chi connectivity index (χ3n) is 6.27. The number of hydrogen-bond donors (Lipinski definition) is 0. The lowest BCUT2D eigenvalue weighted by Crippen LogP contribution is -2.51. The number of rotatable bonds is 6. The van der Waals surface area contributed by atoms with Gasteiger partial charge in [0.05, 0.1) is 14.2 Å². The second-order valence-corrected chi connectivity index (χ2v) is 7.29. The van der Waals surface area contributed by atoms with Crippen molar-refractivity contribution in [3.63, 3.8) is 0 Å². The summed E-state index contributed by atoms with van der Waals surface area (Å²) in [6.07, 6.45) is 6.04. The highest BCUT2D eigenvalue weighted by Gasteiger charge is 2.55. The van der Waals surface area contributed by atoms with E-state index in [1.54, 1.807) is 14.2 Å². The van der Waals surface area contributed by atoms with E-state index in [1.165, 1.54) is 5.56 Å². The van der Waals surface area contributed by atoms with Crippen LogP contribution in [-0.4, -0.2) is 44.7 Å². The Morgan fingerprint density at radius 3 is 2.64 bits per heavy atom. The fourth-order valence-corrected chi connectivity index (χ4v) is 4.55. The average molecular weight is 345 g/mol. The van der Waals surface area contributed by atoms with E-state index in [1.807, 2.05) is 6.07 Å². The van der Waals surface area contributed by atoms with E-state index in [0.717, 1.165) is 49.5 Å². The van der Waals surface area contributed by atoms with Crippen LogP contribution in [0.3, 0.4) is 0 Å². The van der Waals surface area contributed by atoms with E-state index in [-0.39, 0.29) is 11.0 Å². The summed E-state index contributed by atoms with van der Waals surface area (Å²) < 4.78 is 16.0. The highest BCUT2D eigenvalue weighted by molar-refractivity contribution is 5.44. The lowest BCUT2D eigenvalue weighted by Gasteiger charge is -2.48. The van der Waals surface area contributed by atoms with Gasteiger partial charge in [-0.15, -0.1) is 0 Å². The Bertz CT molecular complexity index is 686. The number of benzene rings is 1. The lowest BCUT2D eigenvalue weighted by atomic mass is 9.62. The molecule has 0 bridgehead atoms. The molecule has 1 fully saturated rings. The van der Waals surface area contributed by atoms with E-state index < -0.39 is 0 Å². The minimum atomic E-state index is -0.128. The molecule has 1 aliphatic heterocycles. The van der Waals surface area contributed by atoms with E-state index >= 15 is 0 Å². The minimum Gasteiger partial charge on any atom is -0.493 e. The number of carbonyl (C=O) groups excluding carboxylic acids is 1. The quantitative estimate of drug-likeness (QED) is 0.741. The maximum Gasteiger partial charge on any atom is 0.298 e. The first-order valence-electron chi connectivity index (χ1n) is 8.72. The molecule has 0 amide bonds. The molecule has 5 nitrogen and oxygen atoms in total. The van der Waals surface area contributed by atoms with Gasteiger partial charge in [0.25, 0.3) is 6.47 Å². The van der Waals surface area contributed by atoms with Crippen LogP contribution in [0.4, 0.5) is 0 Å². The molecule has 0 spiro atoms. The van der Waals surface area contributed by atoms with Gasteiger partial charge in [-0.1, -0.05) is 6.07 Å². The van der Waals surface area contributed by atoms with Crippen LogP contribution in [0.2, 0.25) is 0 Å². The van der Waals surface area contributed by atoms with Crippen LogP contribution in [0.25, 0.3) is 0 Å². The molecule has 1 aromatic rings. The van der Waals surface area contributed by atoms with Crippen molar-refractivity contribution in [1.29, 1.82) is 0 Å². The van der Waals surface area contributed by atoms with Gasteiger partial charge < -0.3 is 14.2 Å². The molecule has 0 unspecified atom stereocenters. The first-order chi connectivity index (χ1) is 12.0. The summed E-state index contributed by atoms with van der Waals surface area (Å²) in [4.78, 5) is 13.1. The van der Waals surface area contributed by atoms with Gasteiger partial charge in [-0.3, -0.25) is 9.69 Å². The highest BCUT2D eigenvalue weighted by Crippen LogP contribution is 2.54. The smallest absolute Gasteiger partial charge is 0.298 e. The van der Waals surface area contributed by atoms with Crippen LogP contribution in [0.15, 0.2) is 30.0 Å². The average Bonchev–Trinajstić information content (AvgIpc) is 2.86. The molecule has 25 heavy (non-hydrogen) atoms. The van der Waals surface area contributed by atoms with Crippen LogP contribution in [0.5, 0.6) is 11.5 Å². The van der Waals surface area contributed by atoms with Crippen molar-refractivity contribution < 1.29 is 19.0 Å². The van der Waals surface area contributed by atoms with Crippen molar-refractivity contribution in [2.24, 2.45) is 5.41 Å². The summed E-state index contributed by atoms with van der Waals surface area (Å²) in [5, 5.41) is 0. The molecule has 136 valence electrons. The highest BCUT2D eigenvalue weighted by atomic mass is 16.5. The van der Waals surface area contributed by atoms with E-state index in [4.69, 9.17) is 14.2 Å². The van der Waals surface area contributed by atoms with Gasteiger partial charge in [0.1, 0.15) is 5.76 Å². The van der Waals surface area contributed by atoms with Gasteiger partial charge >= 0.3 is 0 Å². The number of carbonyl (C=O) groups is 1. The molecule has 0 radical (unpaired) electrons. The van der Waals surface area contributed by atoms with Crippen molar-refractivity contribution in [3.05, 3.63) is 35.6 Å². The van der Waals surface area contributed by atoms with Gasteiger partial charge in [-0.05, 0) is 69.0 Å². The number of methoxy groups -OCH3 is 2. The van der Waals surface area contributed by atoms with Crippen LogP contribution < -0.4 is 9.47 Å². The number of likely N-dealkylation sites (N-methyl/N-ethyl adjacent to an activating group) is 1. The Labute approximate surface area is 149 Å². The maximum atomic E-state index is 10.8.